The standard InChI is InChI=1S/C21H34F2O/c1-13(2)16-6-7-18-15-5-4-14-12-20(22,23)11-10-19(14,3)17(15)8-9-21(16,18)24/h13-18,24H,4-12H2,1-3H3/t14?,15-,16+,17?,18?,19+,21+/m1/s1. The van der Waals surface area contributed by atoms with Gasteiger partial charge in [-0.25, -0.2) is 8.78 Å². The van der Waals surface area contributed by atoms with Gasteiger partial charge in [0.25, 0.3) is 0 Å². The summed E-state index contributed by atoms with van der Waals surface area (Å²) in [6.07, 6.45) is 7.15. The lowest BCUT2D eigenvalue weighted by Crippen LogP contribution is -2.57. The Morgan fingerprint density at radius 3 is 2.38 bits per heavy atom. The van der Waals surface area contributed by atoms with Gasteiger partial charge in [0.1, 0.15) is 0 Å². The van der Waals surface area contributed by atoms with Crippen molar-refractivity contribution in [3.05, 3.63) is 0 Å². The molecule has 4 aliphatic rings. The van der Waals surface area contributed by atoms with E-state index in [4.69, 9.17) is 0 Å². The summed E-state index contributed by atoms with van der Waals surface area (Å²) in [4.78, 5) is 0. The van der Waals surface area contributed by atoms with E-state index in [2.05, 4.69) is 20.8 Å². The quantitative estimate of drug-likeness (QED) is 0.653. The molecule has 0 aromatic rings. The molecule has 0 aliphatic heterocycles. The summed E-state index contributed by atoms with van der Waals surface area (Å²) in [5.41, 5.74) is -0.390. The zero-order valence-electron chi connectivity index (χ0n) is 15.5. The predicted octanol–water partition coefficient (Wildman–Crippen LogP) is 5.66. The largest absolute Gasteiger partial charge is 0.389 e. The van der Waals surface area contributed by atoms with E-state index in [-0.39, 0.29) is 24.2 Å². The molecular formula is C21H34F2O. The normalized spacial score (nSPS) is 53.4. The smallest absolute Gasteiger partial charge is 0.248 e. The fourth-order valence-electron chi connectivity index (χ4n) is 7.77. The second-order valence-corrected chi connectivity index (χ2v) is 10.2. The summed E-state index contributed by atoms with van der Waals surface area (Å²) in [5, 5.41) is 11.5. The zero-order valence-corrected chi connectivity index (χ0v) is 15.5. The number of fused-ring (bicyclic) bond motifs is 5. The minimum Gasteiger partial charge on any atom is -0.389 e. The molecule has 0 spiro atoms. The fourth-order valence-corrected chi connectivity index (χ4v) is 7.77. The molecule has 7 atom stereocenters. The van der Waals surface area contributed by atoms with Gasteiger partial charge in [-0.2, -0.15) is 0 Å². The van der Waals surface area contributed by atoms with Crippen LogP contribution in [-0.2, 0) is 0 Å². The molecule has 1 N–H and O–H groups in total. The molecule has 0 aromatic carbocycles. The van der Waals surface area contributed by atoms with Gasteiger partial charge in [-0.15, -0.1) is 0 Å². The van der Waals surface area contributed by atoms with Crippen molar-refractivity contribution in [2.45, 2.75) is 90.1 Å². The SMILES string of the molecule is CC(C)[C@@H]1CCC2[C@@H]3CCC4CC(F)(F)CC[C@]4(C)C3CC[C@@]21O. The third-order valence-corrected chi connectivity index (χ3v) is 8.97. The highest BCUT2D eigenvalue weighted by Gasteiger charge is 2.62. The van der Waals surface area contributed by atoms with E-state index in [9.17, 15) is 13.9 Å². The molecule has 24 heavy (non-hydrogen) atoms. The summed E-state index contributed by atoms with van der Waals surface area (Å²) in [7, 11) is 0. The van der Waals surface area contributed by atoms with Crippen molar-refractivity contribution < 1.29 is 13.9 Å². The van der Waals surface area contributed by atoms with E-state index >= 15 is 0 Å². The van der Waals surface area contributed by atoms with Crippen molar-refractivity contribution in [2.75, 3.05) is 0 Å². The van der Waals surface area contributed by atoms with Crippen LogP contribution < -0.4 is 0 Å². The number of hydrogen-bond donors (Lipinski definition) is 1. The van der Waals surface area contributed by atoms with Crippen LogP contribution in [0.4, 0.5) is 8.78 Å². The van der Waals surface area contributed by atoms with E-state index in [1.54, 1.807) is 0 Å². The molecule has 4 aliphatic carbocycles. The summed E-state index contributed by atoms with van der Waals surface area (Å²) < 4.78 is 27.9. The number of aliphatic hydroxyl groups is 1. The van der Waals surface area contributed by atoms with Crippen LogP contribution in [0, 0.1) is 40.9 Å². The van der Waals surface area contributed by atoms with Gasteiger partial charge in [-0.3, -0.25) is 0 Å². The van der Waals surface area contributed by atoms with Crippen LogP contribution in [0.3, 0.4) is 0 Å². The number of hydrogen-bond acceptors (Lipinski definition) is 1. The molecule has 4 rings (SSSR count). The van der Waals surface area contributed by atoms with Gasteiger partial charge in [0.15, 0.2) is 0 Å². The zero-order chi connectivity index (χ0) is 17.3. The minimum atomic E-state index is -2.44. The van der Waals surface area contributed by atoms with Gasteiger partial charge in [-0.05, 0) is 85.9 Å². The molecule has 4 fully saturated rings. The first kappa shape index (κ1) is 17.2. The van der Waals surface area contributed by atoms with E-state index in [1.807, 2.05) is 0 Å². The third-order valence-electron chi connectivity index (χ3n) is 8.97. The molecule has 4 saturated carbocycles. The molecule has 1 nitrogen and oxygen atoms in total. The molecule has 0 radical (unpaired) electrons. The Morgan fingerprint density at radius 2 is 1.67 bits per heavy atom. The number of halogens is 2. The van der Waals surface area contributed by atoms with Crippen molar-refractivity contribution in [3.63, 3.8) is 0 Å². The molecule has 3 unspecified atom stereocenters. The maximum absolute atomic E-state index is 13.9. The van der Waals surface area contributed by atoms with E-state index in [1.165, 1.54) is 0 Å². The fraction of sp³-hybridized carbons (Fsp3) is 1.00. The van der Waals surface area contributed by atoms with Gasteiger partial charge in [0.05, 0.1) is 5.60 Å². The Bertz CT molecular complexity index is 504. The maximum atomic E-state index is 13.9. The molecule has 3 heteroatoms. The van der Waals surface area contributed by atoms with Gasteiger partial charge >= 0.3 is 0 Å². The molecule has 0 saturated heterocycles. The molecule has 138 valence electrons. The first-order valence-corrected chi connectivity index (χ1v) is 10.3. The summed E-state index contributed by atoms with van der Waals surface area (Å²) in [6.45, 7) is 6.81. The Kier molecular flexibility index (Phi) is 3.89. The van der Waals surface area contributed by atoms with Crippen molar-refractivity contribution in [1.82, 2.24) is 0 Å². The Balaban J connectivity index is 1.60. The van der Waals surface area contributed by atoms with Crippen LogP contribution in [-0.4, -0.2) is 16.6 Å². The van der Waals surface area contributed by atoms with Gasteiger partial charge in [-0.1, -0.05) is 20.8 Å². The summed E-state index contributed by atoms with van der Waals surface area (Å²) >= 11 is 0. The van der Waals surface area contributed by atoms with Gasteiger partial charge < -0.3 is 5.11 Å². The lowest BCUT2D eigenvalue weighted by Gasteiger charge is -2.60. The predicted molar refractivity (Wildman–Crippen MR) is 91.8 cm³/mol. The summed E-state index contributed by atoms with van der Waals surface area (Å²) in [5.74, 6) is 0.271. The Labute approximate surface area is 145 Å². The molecule has 0 amide bonds. The van der Waals surface area contributed by atoms with Crippen molar-refractivity contribution in [1.29, 1.82) is 0 Å². The Hall–Kier alpha value is -0.180. The van der Waals surface area contributed by atoms with Gasteiger partial charge in [0.2, 0.25) is 5.92 Å². The van der Waals surface area contributed by atoms with E-state index in [0.29, 0.717) is 36.0 Å². The molecule has 0 heterocycles. The van der Waals surface area contributed by atoms with Crippen LogP contribution in [0.5, 0.6) is 0 Å². The summed E-state index contributed by atoms with van der Waals surface area (Å²) in [6, 6.07) is 0. The molecule has 0 aromatic heterocycles. The Morgan fingerprint density at radius 1 is 0.917 bits per heavy atom. The average Bonchev–Trinajstić information content (AvgIpc) is 2.85. The maximum Gasteiger partial charge on any atom is 0.248 e. The second-order valence-electron chi connectivity index (χ2n) is 10.2. The third kappa shape index (κ3) is 2.32. The highest BCUT2D eigenvalue weighted by molar-refractivity contribution is 5.11. The van der Waals surface area contributed by atoms with Gasteiger partial charge in [0, 0.05) is 12.8 Å². The average molecular weight is 340 g/mol. The first-order chi connectivity index (χ1) is 11.2. The van der Waals surface area contributed by atoms with E-state index < -0.39 is 11.5 Å². The highest BCUT2D eigenvalue weighted by Crippen LogP contribution is 2.66. The molecule has 0 bridgehead atoms. The number of rotatable bonds is 1. The molecular weight excluding hydrogens is 306 g/mol. The minimum absolute atomic E-state index is 0.0762. The van der Waals surface area contributed by atoms with Crippen molar-refractivity contribution in [3.8, 4) is 0 Å². The topological polar surface area (TPSA) is 20.2 Å². The van der Waals surface area contributed by atoms with Crippen LogP contribution in [0.25, 0.3) is 0 Å². The number of alkyl halides is 2. The van der Waals surface area contributed by atoms with Crippen LogP contribution in [0.2, 0.25) is 0 Å². The highest BCUT2D eigenvalue weighted by atomic mass is 19.3. The van der Waals surface area contributed by atoms with Crippen LogP contribution in [0.1, 0.15) is 78.6 Å². The monoisotopic (exact) mass is 340 g/mol. The second kappa shape index (κ2) is 5.41. The van der Waals surface area contributed by atoms with Crippen LogP contribution in [0.15, 0.2) is 0 Å². The van der Waals surface area contributed by atoms with Crippen molar-refractivity contribution in [2.24, 2.45) is 40.9 Å². The van der Waals surface area contributed by atoms with Crippen molar-refractivity contribution >= 4 is 0 Å². The first-order valence-electron chi connectivity index (χ1n) is 10.3. The van der Waals surface area contributed by atoms with E-state index in [0.717, 1.165) is 38.5 Å². The lowest BCUT2D eigenvalue weighted by molar-refractivity contribution is -0.185. The van der Waals surface area contributed by atoms with Crippen LogP contribution >= 0.6 is 0 Å². The lowest BCUT2D eigenvalue weighted by atomic mass is 9.46.